The number of hydrogen-bond acceptors (Lipinski definition) is 5. The molecule has 0 aromatic heterocycles. The fraction of sp³-hybridized carbons (Fsp3) is 0.385. The van der Waals surface area contributed by atoms with E-state index in [1.165, 1.54) is 31.0 Å². The summed E-state index contributed by atoms with van der Waals surface area (Å²) in [5, 5.41) is 19.8. The van der Waals surface area contributed by atoms with Gasteiger partial charge in [0.05, 0.1) is 16.4 Å². The first-order valence-electron chi connectivity index (χ1n) is 6.18. The average molecular weight is 295 g/mol. The number of carboxylic acid groups (broad SMARTS) is 1. The van der Waals surface area contributed by atoms with Gasteiger partial charge in [0.1, 0.15) is 5.69 Å². The van der Waals surface area contributed by atoms with E-state index in [2.05, 4.69) is 0 Å². The van der Waals surface area contributed by atoms with Crippen molar-refractivity contribution >= 4 is 23.3 Å². The number of nitrogens with two attached hydrogens (primary N) is 1. The molecule has 0 radical (unpaired) electrons. The Labute approximate surface area is 121 Å². The van der Waals surface area contributed by atoms with Gasteiger partial charge in [0.15, 0.2) is 0 Å². The highest BCUT2D eigenvalue weighted by Crippen LogP contribution is 2.28. The quantitative estimate of drug-likeness (QED) is 0.478. The second-order valence-electron chi connectivity index (χ2n) is 4.93. The van der Waals surface area contributed by atoms with Crippen molar-refractivity contribution in [3.05, 3.63) is 33.4 Å². The lowest BCUT2D eigenvalue weighted by Crippen LogP contribution is -2.34. The molecule has 0 saturated heterocycles. The number of hydrogen-bond donors (Lipinski definition) is 2. The highest BCUT2D eigenvalue weighted by molar-refractivity contribution is 6.01. The maximum atomic E-state index is 12.3. The number of amides is 1. The molecule has 0 spiro atoms. The van der Waals surface area contributed by atoms with E-state index in [1.54, 1.807) is 6.92 Å². The summed E-state index contributed by atoms with van der Waals surface area (Å²) in [4.78, 5) is 34.5. The van der Waals surface area contributed by atoms with E-state index in [9.17, 15) is 19.7 Å². The summed E-state index contributed by atoms with van der Waals surface area (Å²) in [6.45, 7) is 3.06. The second kappa shape index (κ2) is 6.21. The Morgan fingerprint density at radius 1 is 1.48 bits per heavy atom. The topological polar surface area (TPSA) is 127 Å². The van der Waals surface area contributed by atoms with Crippen LogP contribution in [0, 0.1) is 23.0 Å². The van der Waals surface area contributed by atoms with Gasteiger partial charge >= 0.3 is 5.97 Å². The number of carbonyl (C=O) groups excluding carboxylic acids is 1. The molecule has 1 atom stereocenters. The molecule has 0 heterocycles. The lowest BCUT2D eigenvalue weighted by molar-refractivity contribution is -0.384. The minimum Gasteiger partial charge on any atom is -0.481 e. The monoisotopic (exact) mass is 295 g/mol. The first kappa shape index (κ1) is 16.4. The van der Waals surface area contributed by atoms with Crippen LogP contribution in [0.4, 0.5) is 11.4 Å². The SMILES string of the molecule is Cc1cc(C(=O)N(C)CC(C)C(=O)O)c(N)c([N+](=O)[O-])c1. The Kier molecular flexibility index (Phi) is 4.85. The number of aliphatic carboxylic acids is 1. The third-order valence-corrected chi connectivity index (χ3v) is 3.05. The number of aryl methyl sites for hydroxylation is 1. The van der Waals surface area contributed by atoms with Crippen LogP contribution in [0.25, 0.3) is 0 Å². The maximum absolute atomic E-state index is 12.3. The molecule has 0 bridgehead atoms. The number of anilines is 1. The van der Waals surface area contributed by atoms with Crippen molar-refractivity contribution in [1.29, 1.82) is 0 Å². The van der Waals surface area contributed by atoms with Crippen molar-refractivity contribution in [2.45, 2.75) is 13.8 Å². The second-order valence-corrected chi connectivity index (χ2v) is 4.93. The van der Waals surface area contributed by atoms with E-state index in [-0.39, 0.29) is 23.5 Å². The summed E-state index contributed by atoms with van der Waals surface area (Å²) in [5.74, 6) is -2.33. The molecular weight excluding hydrogens is 278 g/mol. The van der Waals surface area contributed by atoms with Gasteiger partial charge in [-0.2, -0.15) is 0 Å². The van der Waals surface area contributed by atoms with Crippen LogP contribution < -0.4 is 5.73 Å². The molecule has 0 aliphatic heterocycles. The van der Waals surface area contributed by atoms with Crippen molar-refractivity contribution in [2.24, 2.45) is 5.92 Å². The third-order valence-electron chi connectivity index (χ3n) is 3.05. The van der Waals surface area contributed by atoms with E-state index in [4.69, 9.17) is 10.8 Å². The van der Waals surface area contributed by atoms with E-state index in [0.717, 1.165) is 0 Å². The van der Waals surface area contributed by atoms with E-state index < -0.39 is 22.7 Å². The number of carboxylic acids is 1. The first-order valence-corrected chi connectivity index (χ1v) is 6.18. The van der Waals surface area contributed by atoms with Crippen molar-refractivity contribution in [3.8, 4) is 0 Å². The summed E-state index contributed by atoms with van der Waals surface area (Å²) in [6.07, 6.45) is 0. The molecule has 3 N–H and O–H groups in total. The third kappa shape index (κ3) is 3.68. The van der Waals surface area contributed by atoms with Crippen molar-refractivity contribution < 1.29 is 19.6 Å². The van der Waals surface area contributed by atoms with Gasteiger partial charge in [0.2, 0.25) is 0 Å². The summed E-state index contributed by atoms with van der Waals surface area (Å²) >= 11 is 0. The predicted octanol–water partition coefficient (Wildman–Crippen LogP) is 1.28. The first-order chi connectivity index (χ1) is 9.65. The fourth-order valence-electron chi connectivity index (χ4n) is 1.88. The number of nitrogen functional groups attached to an aromatic ring is 1. The van der Waals surface area contributed by atoms with Crippen LogP contribution in [-0.2, 0) is 4.79 Å². The van der Waals surface area contributed by atoms with Crippen molar-refractivity contribution in [3.63, 3.8) is 0 Å². The normalized spacial score (nSPS) is 11.8. The zero-order valence-electron chi connectivity index (χ0n) is 12.0. The lowest BCUT2D eigenvalue weighted by Gasteiger charge is -2.20. The van der Waals surface area contributed by atoms with Gasteiger partial charge in [-0.3, -0.25) is 19.7 Å². The van der Waals surface area contributed by atoms with E-state index in [1.807, 2.05) is 0 Å². The van der Waals surface area contributed by atoms with Crippen molar-refractivity contribution in [2.75, 3.05) is 19.3 Å². The largest absolute Gasteiger partial charge is 0.481 e. The van der Waals surface area contributed by atoms with E-state index in [0.29, 0.717) is 5.56 Å². The van der Waals surface area contributed by atoms with Gasteiger partial charge in [-0.05, 0) is 18.6 Å². The number of nitro groups is 1. The molecule has 1 rings (SSSR count). The zero-order valence-corrected chi connectivity index (χ0v) is 12.0. The van der Waals surface area contributed by atoms with Crippen LogP contribution in [-0.4, -0.2) is 40.4 Å². The molecular formula is C13H17N3O5. The molecule has 1 aromatic carbocycles. The van der Waals surface area contributed by atoms with Crippen LogP contribution in [0.3, 0.4) is 0 Å². The highest BCUT2D eigenvalue weighted by Gasteiger charge is 2.24. The Balaban J connectivity index is 3.13. The Hall–Kier alpha value is -2.64. The zero-order chi connectivity index (χ0) is 16.3. The average Bonchev–Trinajstić information content (AvgIpc) is 2.39. The molecule has 1 aromatic rings. The number of benzene rings is 1. The molecule has 8 nitrogen and oxygen atoms in total. The number of carbonyl (C=O) groups is 2. The summed E-state index contributed by atoms with van der Waals surface area (Å²) < 4.78 is 0. The standard InChI is InChI=1S/C13H17N3O5/c1-7-4-9(11(14)10(5-7)16(20)21)12(17)15(3)6-8(2)13(18)19/h4-5,8H,6,14H2,1-3H3,(H,18,19). The predicted molar refractivity (Wildman–Crippen MR) is 76.0 cm³/mol. The van der Waals surface area contributed by atoms with Gasteiger partial charge in [-0.1, -0.05) is 6.92 Å². The Morgan fingerprint density at radius 3 is 2.52 bits per heavy atom. The Morgan fingerprint density at radius 2 is 2.05 bits per heavy atom. The molecule has 21 heavy (non-hydrogen) atoms. The summed E-state index contributed by atoms with van der Waals surface area (Å²) in [5.41, 5.74) is 5.65. The number of rotatable bonds is 5. The molecule has 1 unspecified atom stereocenters. The van der Waals surface area contributed by atoms with Gasteiger partial charge in [-0.25, -0.2) is 0 Å². The fourth-order valence-corrected chi connectivity index (χ4v) is 1.88. The highest BCUT2D eigenvalue weighted by atomic mass is 16.6. The van der Waals surface area contributed by atoms with Gasteiger partial charge in [-0.15, -0.1) is 0 Å². The van der Waals surface area contributed by atoms with Gasteiger partial charge < -0.3 is 15.7 Å². The van der Waals surface area contributed by atoms with Crippen LogP contribution in [0.2, 0.25) is 0 Å². The molecule has 114 valence electrons. The van der Waals surface area contributed by atoms with Gasteiger partial charge in [0.25, 0.3) is 11.6 Å². The number of nitro benzene ring substituents is 1. The summed E-state index contributed by atoms with van der Waals surface area (Å²) in [6, 6.07) is 2.73. The van der Waals surface area contributed by atoms with Crippen LogP contribution in [0.5, 0.6) is 0 Å². The maximum Gasteiger partial charge on any atom is 0.308 e. The molecule has 0 fully saturated rings. The van der Waals surface area contributed by atoms with Crippen LogP contribution >= 0.6 is 0 Å². The Bertz CT molecular complexity index is 600. The minimum atomic E-state index is -1.03. The molecule has 0 saturated carbocycles. The summed E-state index contributed by atoms with van der Waals surface area (Å²) in [7, 11) is 1.43. The lowest BCUT2D eigenvalue weighted by atomic mass is 10.1. The smallest absolute Gasteiger partial charge is 0.308 e. The molecule has 0 aliphatic rings. The van der Waals surface area contributed by atoms with Crippen LogP contribution in [0.15, 0.2) is 12.1 Å². The molecule has 8 heteroatoms. The molecule has 1 amide bonds. The van der Waals surface area contributed by atoms with Crippen molar-refractivity contribution in [1.82, 2.24) is 4.90 Å². The molecule has 0 aliphatic carbocycles. The van der Waals surface area contributed by atoms with Gasteiger partial charge in [0, 0.05) is 19.7 Å². The number of nitrogens with zero attached hydrogens (tertiary/aromatic N) is 2. The van der Waals surface area contributed by atoms with Crippen LogP contribution in [0.1, 0.15) is 22.8 Å². The minimum absolute atomic E-state index is 0.00166. The van der Waals surface area contributed by atoms with E-state index >= 15 is 0 Å².